The highest BCUT2D eigenvalue weighted by Crippen LogP contribution is 2.39. The molecule has 0 atom stereocenters. The van der Waals surface area contributed by atoms with Crippen molar-refractivity contribution in [1.82, 2.24) is 19.2 Å². The number of hydrogen-bond donors (Lipinski definition) is 1. The number of aromatic nitrogens is 3. The number of aryl methyl sites for hydroxylation is 3. The van der Waals surface area contributed by atoms with Crippen molar-refractivity contribution in [3.05, 3.63) is 120 Å². The molecule has 56 heavy (non-hydrogen) atoms. The Kier molecular flexibility index (Phi) is 10.8. The third kappa shape index (κ3) is 7.46. The van der Waals surface area contributed by atoms with Crippen LogP contribution in [0.2, 0.25) is 0 Å². The number of carbonyl (C=O) groups is 2. The maximum Gasteiger partial charge on any atom is 0.352 e. The van der Waals surface area contributed by atoms with Crippen LogP contribution in [0.1, 0.15) is 47.2 Å². The van der Waals surface area contributed by atoms with Crippen molar-refractivity contribution < 1.29 is 28.9 Å². The number of amides is 1. The Bertz CT molecular complexity index is 2400. The molecule has 4 aromatic carbocycles. The molecule has 0 saturated carbocycles. The molecule has 0 spiro atoms. The van der Waals surface area contributed by atoms with Crippen LogP contribution in [0.15, 0.2) is 97.1 Å². The fourth-order valence-electron chi connectivity index (χ4n) is 8.15. The van der Waals surface area contributed by atoms with Crippen LogP contribution in [0.4, 0.5) is 5.69 Å². The van der Waals surface area contributed by atoms with Gasteiger partial charge in [0.2, 0.25) is 5.91 Å². The number of carboxylic acid groups (broad SMARTS) is 1. The van der Waals surface area contributed by atoms with E-state index in [1.165, 1.54) is 0 Å². The zero-order valence-electron chi connectivity index (χ0n) is 31.9. The van der Waals surface area contributed by atoms with Crippen LogP contribution >= 0.6 is 0 Å². The van der Waals surface area contributed by atoms with Crippen molar-refractivity contribution in [2.75, 3.05) is 44.3 Å². The molecule has 11 nitrogen and oxygen atoms in total. The van der Waals surface area contributed by atoms with Crippen molar-refractivity contribution >= 4 is 39.2 Å². The Morgan fingerprint density at radius 2 is 1.62 bits per heavy atom. The van der Waals surface area contributed by atoms with Gasteiger partial charge in [0, 0.05) is 74.3 Å². The molecule has 2 aromatic heterocycles. The second-order valence-electron chi connectivity index (χ2n) is 14.4. The van der Waals surface area contributed by atoms with Crippen LogP contribution in [0.25, 0.3) is 32.8 Å². The fourth-order valence-corrected chi connectivity index (χ4v) is 8.15. The summed E-state index contributed by atoms with van der Waals surface area (Å²) >= 11 is 0. The predicted molar refractivity (Wildman–Crippen MR) is 218 cm³/mol. The van der Waals surface area contributed by atoms with Crippen LogP contribution in [0.5, 0.6) is 11.5 Å². The van der Waals surface area contributed by atoms with E-state index in [1.807, 2.05) is 75.8 Å². The predicted octanol–water partition coefficient (Wildman–Crippen LogP) is 7.63. The Morgan fingerprint density at radius 1 is 0.857 bits per heavy atom. The molecular formula is C45H47N5O6. The van der Waals surface area contributed by atoms with E-state index >= 15 is 0 Å². The lowest BCUT2D eigenvalue weighted by Gasteiger charge is -2.35. The first-order valence-electron chi connectivity index (χ1n) is 19.4. The minimum atomic E-state index is -0.948. The monoisotopic (exact) mass is 753 g/mol. The van der Waals surface area contributed by atoms with Gasteiger partial charge >= 0.3 is 5.97 Å². The number of nitrogens with zero attached hydrogens (tertiary/aromatic N) is 5. The van der Waals surface area contributed by atoms with Crippen molar-refractivity contribution in [2.24, 2.45) is 7.05 Å². The van der Waals surface area contributed by atoms with Crippen LogP contribution in [0.3, 0.4) is 0 Å². The molecule has 1 saturated heterocycles. The van der Waals surface area contributed by atoms with Gasteiger partial charge in [0.1, 0.15) is 29.5 Å². The second kappa shape index (κ2) is 16.3. The quantitative estimate of drug-likeness (QED) is 0.112. The van der Waals surface area contributed by atoms with Gasteiger partial charge in [0.25, 0.3) is 0 Å². The first-order chi connectivity index (χ1) is 27.4. The lowest BCUT2D eigenvalue weighted by molar-refractivity contribution is -0.129. The van der Waals surface area contributed by atoms with E-state index in [-0.39, 0.29) is 12.5 Å². The summed E-state index contributed by atoms with van der Waals surface area (Å²) in [4.78, 5) is 29.1. The van der Waals surface area contributed by atoms with Gasteiger partial charge in [-0.15, -0.1) is 0 Å². The molecule has 1 amide bonds. The second-order valence-corrected chi connectivity index (χ2v) is 14.4. The van der Waals surface area contributed by atoms with Gasteiger partial charge in [-0.25, -0.2) is 4.79 Å². The van der Waals surface area contributed by atoms with E-state index in [1.54, 1.807) is 6.92 Å². The summed E-state index contributed by atoms with van der Waals surface area (Å²) in [6.07, 6.45) is 5.89. The van der Waals surface area contributed by atoms with Crippen LogP contribution in [-0.2, 0) is 42.8 Å². The van der Waals surface area contributed by atoms with Gasteiger partial charge in [-0.2, -0.15) is 5.10 Å². The van der Waals surface area contributed by atoms with Gasteiger partial charge in [0.15, 0.2) is 0 Å². The number of piperazine rings is 1. The lowest BCUT2D eigenvalue weighted by Crippen LogP contribution is -2.48. The molecule has 6 aromatic rings. The number of benzene rings is 4. The number of para-hydroxylation sites is 1. The topological polar surface area (TPSA) is 111 Å². The van der Waals surface area contributed by atoms with E-state index < -0.39 is 5.97 Å². The van der Waals surface area contributed by atoms with Crippen LogP contribution in [0, 0.1) is 0 Å². The van der Waals surface area contributed by atoms with E-state index in [2.05, 4.69) is 47.4 Å². The molecular weight excluding hydrogens is 707 g/mol. The number of anilines is 1. The molecule has 11 heteroatoms. The molecule has 0 unspecified atom stereocenters. The summed E-state index contributed by atoms with van der Waals surface area (Å²) in [5, 5.41) is 18.8. The molecule has 0 radical (unpaired) electrons. The number of carboxylic acids is 1. The summed E-state index contributed by atoms with van der Waals surface area (Å²) in [5.74, 6) is 0.705. The van der Waals surface area contributed by atoms with Gasteiger partial charge in [-0.05, 0) is 60.5 Å². The molecule has 2 aliphatic heterocycles. The Labute approximate surface area is 326 Å². The standard InChI is InChI=1S/C45H47N5O6/c1-31(51)48-23-25-49(26-24-48)33-18-20-34(21-19-33)56-29-39-42-38-15-9-14-36-37(16-10-28-55-41-17-8-12-32-11-4-5-13-35(32)41)44(45(52)53)50(43(36)38)22-6-3-7-27-54-30-40(42)47(2)46-39/h3-5,7-9,11-15,17-21H,6,10,16,22-30H2,1-2H3,(H,52,53)/b7-3-. The number of ether oxygens (including phenoxy) is 3. The molecule has 0 bridgehead atoms. The smallest absolute Gasteiger partial charge is 0.352 e. The molecule has 1 fully saturated rings. The Hall–Kier alpha value is -6.07. The number of fused-ring (bicyclic) bond motifs is 3. The van der Waals surface area contributed by atoms with E-state index in [9.17, 15) is 14.7 Å². The first-order valence-corrected chi connectivity index (χ1v) is 19.4. The highest BCUT2D eigenvalue weighted by Gasteiger charge is 2.28. The normalized spacial score (nSPS) is 15.2. The average molecular weight is 754 g/mol. The molecule has 1 N–H and O–H groups in total. The summed E-state index contributed by atoms with van der Waals surface area (Å²) in [7, 11) is 1.91. The average Bonchev–Trinajstić information content (AvgIpc) is 3.71. The van der Waals surface area contributed by atoms with Crippen LogP contribution < -0.4 is 14.4 Å². The zero-order valence-corrected chi connectivity index (χ0v) is 31.9. The van der Waals surface area contributed by atoms with E-state index in [0.717, 1.165) is 74.3 Å². The van der Waals surface area contributed by atoms with Crippen molar-refractivity contribution in [1.29, 1.82) is 0 Å². The Balaban J connectivity index is 1.10. The van der Waals surface area contributed by atoms with E-state index in [4.69, 9.17) is 19.3 Å². The zero-order chi connectivity index (χ0) is 38.6. The minimum Gasteiger partial charge on any atom is -0.493 e. The maximum absolute atomic E-state index is 13.2. The SMILES string of the molecule is CC(=O)N1CCN(c2ccc(OCc3nn(C)c4c3-c3cccc5c(CCCOc6cccc7ccccc67)c(C(=O)O)n(c35)CC/C=C\COC4)cc2)CC1. The van der Waals surface area contributed by atoms with Crippen molar-refractivity contribution in [3.8, 4) is 22.6 Å². The third-order valence-corrected chi connectivity index (χ3v) is 10.9. The van der Waals surface area contributed by atoms with Gasteiger partial charge in [-0.3, -0.25) is 9.48 Å². The van der Waals surface area contributed by atoms with Crippen molar-refractivity contribution in [2.45, 2.75) is 45.9 Å². The van der Waals surface area contributed by atoms with Gasteiger partial charge < -0.3 is 33.7 Å². The highest BCUT2D eigenvalue weighted by atomic mass is 16.5. The molecule has 8 rings (SSSR count). The fraction of sp³-hybridized carbons (Fsp3) is 0.311. The first kappa shape index (κ1) is 36.9. The molecule has 0 aliphatic carbocycles. The number of allylic oxidation sites excluding steroid dienone is 1. The number of aromatic carboxylic acids is 1. The summed E-state index contributed by atoms with van der Waals surface area (Å²) in [5.41, 5.74) is 6.50. The molecule has 2 aliphatic rings. The van der Waals surface area contributed by atoms with E-state index in [0.29, 0.717) is 70.2 Å². The largest absolute Gasteiger partial charge is 0.493 e. The number of hydrogen-bond acceptors (Lipinski definition) is 7. The van der Waals surface area contributed by atoms with Crippen molar-refractivity contribution in [3.63, 3.8) is 0 Å². The molecule has 4 heterocycles. The summed E-state index contributed by atoms with van der Waals surface area (Å²) in [6.45, 7) is 6.54. The van der Waals surface area contributed by atoms with Crippen LogP contribution in [-0.4, -0.2) is 75.6 Å². The maximum atomic E-state index is 13.2. The Morgan fingerprint density at radius 3 is 2.43 bits per heavy atom. The highest BCUT2D eigenvalue weighted by molar-refractivity contribution is 6.04. The number of carbonyl (C=O) groups excluding carboxylic acids is 1. The summed E-state index contributed by atoms with van der Waals surface area (Å²) in [6, 6.07) is 28.4. The lowest BCUT2D eigenvalue weighted by atomic mass is 9.98. The minimum absolute atomic E-state index is 0.114. The third-order valence-electron chi connectivity index (χ3n) is 10.9. The van der Waals surface area contributed by atoms with Gasteiger partial charge in [0.05, 0.1) is 31.0 Å². The molecule has 288 valence electrons. The number of rotatable bonds is 10. The van der Waals surface area contributed by atoms with Gasteiger partial charge in [-0.1, -0.05) is 66.7 Å². The summed E-state index contributed by atoms with van der Waals surface area (Å²) < 4.78 is 22.6.